The Labute approximate surface area is 164 Å². The van der Waals surface area contributed by atoms with Crippen LogP contribution < -0.4 is 9.64 Å². The van der Waals surface area contributed by atoms with Crippen molar-refractivity contribution in [3.8, 4) is 11.5 Å². The summed E-state index contributed by atoms with van der Waals surface area (Å²) in [5.74, 6) is 1.14. The highest BCUT2D eigenvalue weighted by molar-refractivity contribution is 6.03. The maximum atomic E-state index is 13.3. The minimum absolute atomic E-state index is 0.294. The van der Waals surface area contributed by atoms with Gasteiger partial charge in [0.25, 0.3) is 0 Å². The van der Waals surface area contributed by atoms with Gasteiger partial charge in [0.2, 0.25) is 0 Å². The smallest absolute Gasteiger partial charge is 0.342 e. The first-order valence-corrected chi connectivity index (χ1v) is 9.37. The fraction of sp³-hybridized carbons (Fsp3) is 0.208. The van der Waals surface area contributed by atoms with Crippen LogP contribution in [0.15, 0.2) is 54.6 Å². The van der Waals surface area contributed by atoms with Crippen molar-refractivity contribution in [3.63, 3.8) is 0 Å². The zero-order valence-corrected chi connectivity index (χ0v) is 16.4. The van der Waals surface area contributed by atoms with E-state index in [1.165, 1.54) is 0 Å². The molecule has 0 aliphatic carbocycles. The van der Waals surface area contributed by atoms with Gasteiger partial charge in [-0.1, -0.05) is 42.5 Å². The Morgan fingerprint density at radius 1 is 0.857 bits per heavy atom. The molecule has 0 saturated carbocycles. The first-order chi connectivity index (χ1) is 13.4. The highest BCUT2D eigenvalue weighted by atomic mass is 16.6. The normalized spacial score (nSPS) is 15.4. The van der Waals surface area contributed by atoms with Crippen LogP contribution in [0.1, 0.15) is 38.2 Å². The van der Waals surface area contributed by atoms with Crippen molar-refractivity contribution in [1.82, 2.24) is 0 Å². The summed E-state index contributed by atoms with van der Waals surface area (Å²) in [6.45, 7) is 4.09. The second-order valence-corrected chi connectivity index (χ2v) is 7.67. The highest BCUT2D eigenvalue weighted by Gasteiger charge is 2.55. The van der Waals surface area contributed by atoms with E-state index >= 15 is 0 Å². The fourth-order valence-corrected chi connectivity index (χ4v) is 4.78. The lowest BCUT2D eigenvalue weighted by atomic mass is 9.75. The SMILES string of the molecule is Cc1cc(C)c2c(c1N(C)C)C(=O)OC21c2ccccc2Oc2ccccc21. The zero-order valence-electron chi connectivity index (χ0n) is 16.4. The van der Waals surface area contributed by atoms with Gasteiger partial charge in [0.05, 0.1) is 11.3 Å². The Morgan fingerprint density at radius 3 is 2.00 bits per heavy atom. The van der Waals surface area contributed by atoms with Gasteiger partial charge < -0.3 is 14.4 Å². The molecule has 2 heterocycles. The minimum Gasteiger partial charge on any atom is -0.456 e. The maximum absolute atomic E-state index is 13.3. The Kier molecular flexibility index (Phi) is 3.38. The summed E-state index contributed by atoms with van der Waals surface area (Å²) < 4.78 is 12.4. The second kappa shape index (κ2) is 5.61. The quantitative estimate of drug-likeness (QED) is 0.568. The Morgan fingerprint density at radius 2 is 1.43 bits per heavy atom. The van der Waals surface area contributed by atoms with E-state index in [4.69, 9.17) is 9.47 Å². The monoisotopic (exact) mass is 371 g/mol. The molecular formula is C24H21NO3. The van der Waals surface area contributed by atoms with E-state index in [1.54, 1.807) is 0 Å². The number of ether oxygens (including phenoxy) is 2. The molecule has 28 heavy (non-hydrogen) atoms. The van der Waals surface area contributed by atoms with E-state index in [9.17, 15) is 4.79 Å². The Hall–Kier alpha value is -3.27. The molecule has 3 aromatic rings. The number of rotatable bonds is 1. The Bertz CT molecular complexity index is 1100. The molecule has 2 aliphatic rings. The van der Waals surface area contributed by atoms with Crippen LogP contribution in [0.25, 0.3) is 0 Å². The van der Waals surface area contributed by atoms with E-state index in [0.29, 0.717) is 17.1 Å². The summed E-state index contributed by atoms with van der Waals surface area (Å²) in [6.07, 6.45) is 0. The number of carbonyl (C=O) groups is 1. The van der Waals surface area contributed by atoms with Crippen molar-refractivity contribution in [2.75, 3.05) is 19.0 Å². The maximum Gasteiger partial charge on any atom is 0.342 e. The molecule has 0 fully saturated rings. The van der Waals surface area contributed by atoms with Crippen LogP contribution >= 0.6 is 0 Å². The van der Waals surface area contributed by atoms with Crippen molar-refractivity contribution in [2.24, 2.45) is 0 Å². The standard InChI is InChI=1S/C24H21NO3/c1-14-13-15(2)22(25(3)4)20-21(14)24(28-23(20)26)16-9-5-7-11-18(16)27-19-12-8-6-10-17(19)24/h5-13H,1-4H3. The summed E-state index contributed by atoms with van der Waals surface area (Å²) in [4.78, 5) is 15.3. The van der Waals surface area contributed by atoms with Gasteiger partial charge in [0.15, 0.2) is 5.60 Å². The predicted octanol–water partition coefficient (Wildman–Crippen LogP) is 4.94. The van der Waals surface area contributed by atoms with Crippen LogP contribution in [0.5, 0.6) is 11.5 Å². The molecule has 0 unspecified atom stereocenters. The largest absolute Gasteiger partial charge is 0.456 e. The molecule has 0 bridgehead atoms. The second-order valence-electron chi connectivity index (χ2n) is 7.67. The molecule has 0 saturated heterocycles. The molecule has 2 aliphatic heterocycles. The molecule has 0 atom stereocenters. The molecule has 0 radical (unpaired) electrons. The van der Waals surface area contributed by atoms with Gasteiger partial charge in [0.1, 0.15) is 11.5 Å². The molecule has 5 rings (SSSR count). The highest BCUT2D eigenvalue weighted by Crippen LogP contribution is 2.58. The van der Waals surface area contributed by atoms with Crippen LogP contribution in [0.3, 0.4) is 0 Å². The van der Waals surface area contributed by atoms with Gasteiger partial charge in [-0.3, -0.25) is 0 Å². The van der Waals surface area contributed by atoms with Crippen LogP contribution in [0, 0.1) is 13.8 Å². The van der Waals surface area contributed by atoms with Crippen LogP contribution in [-0.2, 0) is 10.3 Å². The van der Waals surface area contributed by atoms with Gasteiger partial charge in [0, 0.05) is 30.8 Å². The number of nitrogens with zero attached hydrogens (tertiary/aromatic N) is 1. The van der Waals surface area contributed by atoms with Gasteiger partial charge in [-0.2, -0.15) is 0 Å². The number of anilines is 1. The molecule has 0 aromatic heterocycles. The lowest BCUT2D eigenvalue weighted by Crippen LogP contribution is -2.33. The van der Waals surface area contributed by atoms with E-state index in [2.05, 4.69) is 13.0 Å². The van der Waals surface area contributed by atoms with Crippen LogP contribution in [0.2, 0.25) is 0 Å². The number of hydrogen-bond donors (Lipinski definition) is 0. The third-order valence-corrected chi connectivity index (χ3v) is 5.69. The lowest BCUT2D eigenvalue weighted by Gasteiger charge is -2.37. The van der Waals surface area contributed by atoms with Gasteiger partial charge in [-0.15, -0.1) is 0 Å². The molecular weight excluding hydrogens is 350 g/mol. The third-order valence-electron chi connectivity index (χ3n) is 5.69. The molecule has 4 nitrogen and oxygen atoms in total. The molecule has 1 spiro atoms. The fourth-order valence-electron chi connectivity index (χ4n) is 4.78. The summed E-state index contributed by atoms with van der Waals surface area (Å²) in [5, 5.41) is 0. The number of hydrogen-bond acceptors (Lipinski definition) is 4. The molecule has 4 heteroatoms. The number of benzene rings is 3. The average Bonchev–Trinajstić information content (AvgIpc) is 2.96. The van der Waals surface area contributed by atoms with Crippen molar-refractivity contribution >= 4 is 11.7 Å². The third kappa shape index (κ3) is 1.97. The zero-order chi connectivity index (χ0) is 19.6. The van der Waals surface area contributed by atoms with E-state index in [0.717, 1.165) is 33.5 Å². The van der Waals surface area contributed by atoms with E-state index in [-0.39, 0.29) is 5.97 Å². The van der Waals surface area contributed by atoms with Gasteiger partial charge in [-0.25, -0.2) is 4.79 Å². The topological polar surface area (TPSA) is 38.8 Å². The number of carbonyl (C=O) groups excluding carboxylic acids is 1. The average molecular weight is 371 g/mol. The number of aryl methyl sites for hydroxylation is 2. The predicted molar refractivity (Wildman–Crippen MR) is 108 cm³/mol. The number of para-hydroxylation sites is 2. The summed E-state index contributed by atoms with van der Waals surface area (Å²) in [6, 6.07) is 17.8. The molecule has 140 valence electrons. The van der Waals surface area contributed by atoms with Crippen molar-refractivity contribution in [1.29, 1.82) is 0 Å². The summed E-state index contributed by atoms with van der Waals surface area (Å²) in [7, 11) is 3.92. The first-order valence-electron chi connectivity index (χ1n) is 9.37. The van der Waals surface area contributed by atoms with Crippen molar-refractivity contribution in [2.45, 2.75) is 19.4 Å². The van der Waals surface area contributed by atoms with Crippen LogP contribution in [-0.4, -0.2) is 20.1 Å². The Balaban J connectivity index is 1.96. The first kappa shape index (κ1) is 16.9. The van der Waals surface area contributed by atoms with Crippen molar-refractivity contribution < 1.29 is 14.3 Å². The summed E-state index contributed by atoms with van der Waals surface area (Å²) >= 11 is 0. The lowest BCUT2D eigenvalue weighted by molar-refractivity contribution is 0.0223. The van der Waals surface area contributed by atoms with Gasteiger partial charge in [-0.05, 0) is 37.1 Å². The minimum atomic E-state index is -1.000. The molecule has 3 aromatic carbocycles. The van der Waals surface area contributed by atoms with E-state index in [1.807, 2.05) is 74.4 Å². The van der Waals surface area contributed by atoms with Crippen molar-refractivity contribution in [3.05, 3.63) is 88.0 Å². The van der Waals surface area contributed by atoms with Crippen LogP contribution in [0.4, 0.5) is 5.69 Å². The van der Waals surface area contributed by atoms with Gasteiger partial charge >= 0.3 is 5.97 Å². The number of esters is 1. The summed E-state index contributed by atoms with van der Waals surface area (Å²) in [5.41, 5.74) is 5.28. The molecule has 0 N–H and O–H groups in total. The van der Waals surface area contributed by atoms with E-state index < -0.39 is 5.60 Å². The number of fused-ring (bicyclic) bond motifs is 6. The molecule has 0 amide bonds.